The molecular formula is C12H13BrO3. The summed E-state index contributed by atoms with van der Waals surface area (Å²) in [7, 11) is 1.60. The van der Waals surface area contributed by atoms with Crippen LogP contribution in [0.4, 0.5) is 0 Å². The summed E-state index contributed by atoms with van der Waals surface area (Å²) in [6.07, 6.45) is 1.51. The van der Waals surface area contributed by atoms with Gasteiger partial charge in [-0.3, -0.25) is 4.79 Å². The van der Waals surface area contributed by atoms with E-state index >= 15 is 0 Å². The van der Waals surface area contributed by atoms with Crippen molar-refractivity contribution < 1.29 is 14.3 Å². The van der Waals surface area contributed by atoms with Gasteiger partial charge < -0.3 is 9.47 Å². The Kier molecular flexibility index (Phi) is 3.61. The van der Waals surface area contributed by atoms with Crippen LogP contribution in [0.15, 0.2) is 22.7 Å². The number of methoxy groups -OCH3 is 1. The zero-order valence-corrected chi connectivity index (χ0v) is 10.6. The Hall–Kier alpha value is -0.870. The molecule has 1 aliphatic heterocycles. The Morgan fingerprint density at radius 2 is 2.38 bits per heavy atom. The van der Waals surface area contributed by atoms with Gasteiger partial charge in [-0.05, 0) is 47.0 Å². The van der Waals surface area contributed by atoms with Gasteiger partial charge >= 0.3 is 0 Å². The van der Waals surface area contributed by atoms with E-state index in [4.69, 9.17) is 9.47 Å². The molecule has 1 aliphatic rings. The molecule has 1 atom stereocenters. The Labute approximate surface area is 103 Å². The topological polar surface area (TPSA) is 35.5 Å². The summed E-state index contributed by atoms with van der Waals surface area (Å²) in [5.41, 5.74) is 0.660. The lowest BCUT2D eigenvalue weighted by Gasteiger charge is -2.10. The van der Waals surface area contributed by atoms with Gasteiger partial charge in [-0.15, -0.1) is 0 Å². The van der Waals surface area contributed by atoms with Crippen molar-refractivity contribution >= 4 is 21.7 Å². The molecule has 0 radical (unpaired) electrons. The standard InChI is InChI=1S/C12H13BrO3/c1-15-8-4-5-9(10(13)7-8)12(14)11-3-2-6-16-11/h4-5,7,11H,2-3,6H2,1H3. The van der Waals surface area contributed by atoms with Gasteiger partial charge in [0, 0.05) is 16.6 Å². The molecule has 3 nitrogen and oxygen atoms in total. The predicted molar refractivity (Wildman–Crippen MR) is 64.0 cm³/mol. The molecule has 0 saturated carbocycles. The SMILES string of the molecule is COc1ccc(C(=O)C2CCCO2)c(Br)c1. The first kappa shape index (κ1) is 11.6. The lowest BCUT2D eigenvalue weighted by Crippen LogP contribution is -2.19. The second kappa shape index (κ2) is 4.97. The van der Waals surface area contributed by atoms with Crippen LogP contribution in [0.2, 0.25) is 0 Å². The van der Waals surface area contributed by atoms with E-state index in [9.17, 15) is 4.79 Å². The quantitative estimate of drug-likeness (QED) is 0.801. The molecule has 0 spiro atoms. The molecule has 1 fully saturated rings. The van der Waals surface area contributed by atoms with E-state index in [0.717, 1.165) is 23.1 Å². The summed E-state index contributed by atoms with van der Waals surface area (Å²) in [5.74, 6) is 0.780. The predicted octanol–water partition coefficient (Wildman–Crippen LogP) is 2.82. The summed E-state index contributed by atoms with van der Waals surface area (Å²) in [5, 5.41) is 0. The summed E-state index contributed by atoms with van der Waals surface area (Å²) >= 11 is 3.38. The van der Waals surface area contributed by atoms with Crippen LogP contribution in [0.25, 0.3) is 0 Å². The molecule has 2 rings (SSSR count). The Morgan fingerprint density at radius 3 is 2.94 bits per heavy atom. The maximum Gasteiger partial charge on any atom is 0.192 e. The normalized spacial score (nSPS) is 19.8. The van der Waals surface area contributed by atoms with Gasteiger partial charge in [0.1, 0.15) is 11.9 Å². The van der Waals surface area contributed by atoms with Gasteiger partial charge in [-0.1, -0.05) is 0 Å². The number of ether oxygens (including phenoxy) is 2. The van der Waals surface area contributed by atoms with Crippen molar-refractivity contribution in [3.05, 3.63) is 28.2 Å². The third-order valence-corrected chi connectivity index (χ3v) is 3.32. The number of benzene rings is 1. The zero-order chi connectivity index (χ0) is 11.5. The second-order valence-electron chi connectivity index (χ2n) is 3.71. The highest BCUT2D eigenvalue weighted by molar-refractivity contribution is 9.10. The van der Waals surface area contributed by atoms with Crippen molar-refractivity contribution in [3.63, 3.8) is 0 Å². The van der Waals surface area contributed by atoms with Crippen LogP contribution in [-0.2, 0) is 4.74 Å². The van der Waals surface area contributed by atoms with E-state index in [2.05, 4.69) is 15.9 Å². The molecule has 0 bridgehead atoms. The smallest absolute Gasteiger partial charge is 0.192 e. The Bertz CT molecular complexity index is 397. The van der Waals surface area contributed by atoms with Crippen molar-refractivity contribution in [1.82, 2.24) is 0 Å². The molecule has 0 aliphatic carbocycles. The number of carbonyl (C=O) groups excluding carboxylic acids is 1. The van der Waals surface area contributed by atoms with E-state index in [1.807, 2.05) is 0 Å². The first-order chi connectivity index (χ1) is 7.72. The molecule has 16 heavy (non-hydrogen) atoms. The van der Waals surface area contributed by atoms with Crippen molar-refractivity contribution in [2.75, 3.05) is 13.7 Å². The molecule has 1 aromatic rings. The monoisotopic (exact) mass is 284 g/mol. The summed E-state index contributed by atoms with van der Waals surface area (Å²) < 4.78 is 11.2. The van der Waals surface area contributed by atoms with Crippen LogP contribution in [0, 0.1) is 0 Å². The Balaban J connectivity index is 2.22. The summed E-state index contributed by atoms with van der Waals surface area (Å²) in [6, 6.07) is 5.35. The maximum absolute atomic E-state index is 12.1. The van der Waals surface area contributed by atoms with Crippen molar-refractivity contribution in [2.45, 2.75) is 18.9 Å². The maximum atomic E-state index is 12.1. The lowest BCUT2D eigenvalue weighted by molar-refractivity contribution is 0.0642. The third kappa shape index (κ3) is 2.28. The van der Waals surface area contributed by atoms with Crippen molar-refractivity contribution in [2.24, 2.45) is 0 Å². The molecule has 1 saturated heterocycles. The largest absolute Gasteiger partial charge is 0.497 e. The van der Waals surface area contributed by atoms with Crippen LogP contribution >= 0.6 is 15.9 Å². The molecule has 1 heterocycles. The van der Waals surface area contributed by atoms with Gasteiger partial charge in [0.15, 0.2) is 5.78 Å². The molecule has 86 valence electrons. The number of ketones is 1. The molecular weight excluding hydrogens is 272 g/mol. The minimum atomic E-state index is -0.273. The number of Topliss-reactive ketones (excluding diaryl/α,β-unsaturated/α-hetero) is 1. The van der Waals surface area contributed by atoms with Gasteiger partial charge in [0.05, 0.1) is 7.11 Å². The van der Waals surface area contributed by atoms with E-state index in [1.54, 1.807) is 25.3 Å². The molecule has 0 amide bonds. The number of halogens is 1. The van der Waals surface area contributed by atoms with Gasteiger partial charge in [0.2, 0.25) is 0 Å². The molecule has 4 heteroatoms. The molecule has 1 aromatic carbocycles. The van der Waals surface area contributed by atoms with Gasteiger partial charge in [-0.25, -0.2) is 0 Å². The van der Waals surface area contributed by atoms with Gasteiger partial charge in [0.25, 0.3) is 0 Å². The van der Waals surface area contributed by atoms with E-state index in [1.165, 1.54) is 0 Å². The highest BCUT2D eigenvalue weighted by Crippen LogP contribution is 2.26. The summed E-state index contributed by atoms with van der Waals surface area (Å²) in [4.78, 5) is 12.1. The van der Waals surface area contributed by atoms with E-state index in [0.29, 0.717) is 12.2 Å². The molecule has 0 N–H and O–H groups in total. The number of hydrogen-bond donors (Lipinski definition) is 0. The first-order valence-electron chi connectivity index (χ1n) is 5.21. The second-order valence-corrected chi connectivity index (χ2v) is 4.57. The van der Waals surface area contributed by atoms with Crippen LogP contribution in [0.5, 0.6) is 5.75 Å². The minimum Gasteiger partial charge on any atom is -0.497 e. The van der Waals surface area contributed by atoms with Crippen molar-refractivity contribution in [3.8, 4) is 5.75 Å². The van der Waals surface area contributed by atoms with Crippen LogP contribution in [0.3, 0.4) is 0 Å². The minimum absolute atomic E-state index is 0.0482. The Morgan fingerprint density at radius 1 is 1.56 bits per heavy atom. The van der Waals surface area contributed by atoms with Crippen molar-refractivity contribution in [1.29, 1.82) is 0 Å². The van der Waals surface area contributed by atoms with Crippen LogP contribution in [-0.4, -0.2) is 25.6 Å². The fourth-order valence-electron chi connectivity index (χ4n) is 1.78. The average molecular weight is 285 g/mol. The van der Waals surface area contributed by atoms with E-state index in [-0.39, 0.29) is 11.9 Å². The van der Waals surface area contributed by atoms with Gasteiger partial charge in [-0.2, -0.15) is 0 Å². The average Bonchev–Trinajstić information content (AvgIpc) is 2.81. The van der Waals surface area contributed by atoms with Crippen LogP contribution < -0.4 is 4.74 Å². The lowest BCUT2D eigenvalue weighted by atomic mass is 10.0. The van der Waals surface area contributed by atoms with E-state index < -0.39 is 0 Å². The fraction of sp³-hybridized carbons (Fsp3) is 0.417. The molecule has 0 aromatic heterocycles. The summed E-state index contributed by atoms with van der Waals surface area (Å²) in [6.45, 7) is 0.685. The first-order valence-corrected chi connectivity index (χ1v) is 6.01. The highest BCUT2D eigenvalue weighted by atomic mass is 79.9. The fourth-order valence-corrected chi connectivity index (χ4v) is 2.33. The third-order valence-electron chi connectivity index (χ3n) is 2.66. The number of hydrogen-bond acceptors (Lipinski definition) is 3. The zero-order valence-electron chi connectivity index (χ0n) is 9.03. The van der Waals surface area contributed by atoms with Crippen LogP contribution in [0.1, 0.15) is 23.2 Å². The molecule has 1 unspecified atom stereocenters. The number of rotatable bonds is 3. The number of carbonyl (C=O) groups is 1. The highest BCUT2D eigenvalue weighted by Gasteiger charge is 2.26.